The predicted molar refractivity (Wildman–Crippen MR) is 65.1 cm³/mol. The lowest BCUT2D eigenvalue weighted by Crippen LogP contribution is -2.32. The molecule has 4 N–H and O–H groups in total. The number of carbonyl (C=O) groups is 1. The molecule has 1 aromatic rings. The first kappa shape index (κ1) is 13.0. The van der Waals surface area contributed by atoms with Crippen LogP contribution in [0.3, 0.4) is 0 Å². The average molecular weight is 254 g/mol. The molecule has 0 aromatic carbocycles. The van der Waals surface area contributed by atoms with Crippen molar-refractivity contribution in [3.63, 3.8) is 0 Å². The topological polar surface area (TPSA) is 101 Å². The van der Waals surface area contributed by atoms with Gasteiger partial charge in [0.05, 0.1) is 35.8 Å². The first-order valence-electron chi connectivity index (χ1n) is 5.87. The van der Waals surface area contributed by atoms with Crippen molar-refractivity contribution in [2.45, 2.75) is 26.1 Å². The van der Waals surface area contributed by atoms with Crippen molar-refractivity contribution >= 4 is 11.6 Å². The third kappa shape index (κ3) is 2.69. The van der Waals surface area contributed by atoms with Gasteiger partial charge in [0.15, 0.2) is 0 Å². The number of anilines is 1. The number of hydrogen-bond donors (Lipinski definition) is 4. The van der Waals surface area contributed by atoms with Gasteiger partial charge in [-0.15, -0.1) is 0 Å². The molecular formula is C11H18N4O3. The molecule has 0 radical (unpaired) electrons. The molecule has 18 heavy (non-hydrogen) atoms. The minimum Gasteiger partial charge on any atom is -0.389 e. The quantitative estimate of drug-likeness (QED) is 0.554. The number of nitrogens with zero attached hydrogens (tertiary/aromatic N) is 2. The Labute approximate surface area is 105 Å². The molecular weight excluding hydrogens is 236 g/mol. The van der Waals surface area contributed by atoms with Gasteiger partial charge in [-0.1, -0.05) is 0 Å². The van der Waals surface area contributed by atoms with Gasteiger partial charge in [0.1, 0.15) is 0 Å². The molecule has 0 unspecified atom stereocenters. The molecule has 100 valence electrons. The van der Waals surface area contributed by atoms with Crippen LogP contribution in [0.1, 0.15) is 11.4 Å². The van der Waals surface area contributed by atoms with Gasteiger partial charge >= 0.3 is 0 Å². The van der Waals surface area contributed by atoms with Crippen LogP contribution in [-0.4, -0.2) is 63.1 Å². The van der Waals surface area contributed by atoms with E-state index in [1.54, 1.807) is 4.90 Å². The first-order valence-corrected chi connectivity index (χ1v) is 5.87. The summed E-state index contributed by atoms with van der Waals surface area (Å²) in [6.07, 6.45) is -1.54. The number of likely N-dealkylation sites (tertiary alicyclic amines) is 1. The van der Waals surface area contributed by atoms with E-state index in [4.69, 9.17) is 0 Å². The maximum atomic E-state index is 11.8. The van der Waals surface area contributed by atoms with Gasteiger partial charge in [-0.25, -0.2) is 0 Å². The molecule has 0 spiro atoms. The van der Waals surface area contributed by atoms with E-state index in [0.717, 1.165) is 11.4 Å². The van der Waals surface area contributed by atoms with Crippen LogP contribution in [0.4, 0.5) is 5.69 Å². The number of amides is 1. The molecule has 0 saturated carbocycles. The Balaban J connectivity index is 1.90. The van der Waals surface area contributed by atoms with Crippen LogP contribution >= 0.6 is 0 Å². The summed E-state index contributed by atoms with van der Waals surface area (Å²) >= 11 is 0. The van der Waals surface area contributed by atoms with Gasteiger partial charge in [0, 0.05) is 13.1 Å². The summed E-state index contributed by atoms with van der Waals surface area (Å²) in [5, 5.41) is 28.3. The van der Waals surface area contributed by atoms with Crippen LogP contribution in [0.25, 0.3) is 0 Å². The third-order valence-electron chi connectivity index (χ3n) is 3.09. The van der Waals surface area contributed by atoms with Crippen molar-refractivity contribution < 1.29 is 15.0 Å². The smallest absolute Gasteiger partial charge is 0.238 e. The number of rotatable bonds is 3. The number of aromatic amines is 1. The minimum absolute atomic E-state index is 0.151. The van der Waals surface area contributed by atoms with Crippen molar-refractivity contribution in [1.82, 2.24) is 15.1 Å². The van der Waals surface area contributed by atoms with E-state index in [2.05, 4.69) is 15.5 Å². The standard InChI is InChI=1S/C11H18N4O3/c1-6-11(7(2)14-13-6)12-10(18)5-15-3-8(16)9(17)4-15/h8-9,16-17H,3-5H2,1-2H3,(H,12,18)(H,13,14)/t8-,9+. The van der Waals surface area contributed by atoms with E-state index in [0.29, 0.717) is 18.8 Å². The normalized spacial score (nSPS) is 24.4. The molecule has 1 amide bonds. The van der Waals surface area contributed by atoms with Crippen molar-refractivity contribution in [1.29, 1.82) is 0 Å². The maximum Gasteiger partial charge on any atom is 0.238 e. The Hall–Kier alpha value is -1.44. The lowest BCUT2D eigenvalue weighted by atomic mass is 10.3. The van der Waals surface area contributed by atoms with E-state index in [9.17, 15) is 15.0 Å². The Kier molecular flexibility index (Phi) is 3.65. The molecule has 0 bridgehead atoms. The summed E-state index contributed by atoms with van der Waals surface area (Å²) in [5.74, 6) is -0.177. The third-order valence-corrected chi connectivity index (χ3v) is 3.09. The second-order valence-corrected chi connectivity index (χ2v) is 4.69. The molecule has 1 aromatic heterocycles. The van der Waals surface area contributed by atoms with Gasteiger partial charge in [-0.05, 0) is 13.8 Å². The Morgan fingerprint density at radius 1 is 1.44 bits per heavy atom. The zero-order valence-electron chi connectivity index (χ0n) is 10.5. The fourth-order valence-electron chi connectivity index (χ4n) is 2.09. The van der Waals surface area contributed by atoms with E-state index < -0.39 is 12.2 Å². The van der Waals surface area contributed by atoms with E-state index in [-0.39, 0.29) is 12.5 Å². The number of H-pyrrole nitrogens is 1. The highest BCUT2D eigenvalue weighted by molar-refractivity contribution is 5.93. The number of hydrogen-bond acceptors (Lipinski definition) is 5. The number of aryl methyl sites for hydroxylation is 2. The summed E-state index contributed by atoms with van der Waals surface area (Å²) in [5.41, 5.74) is 2.24. The number of nitrogens with one attached hydrogen (secondary N) is 2. The first-order chi connectivity index (χ1) is 8.47. The number of carbonyl (C=O) groups excluding carboxylic acids is 1. The van der Waals surface area contributed by atoms with Gasteiger partial charge in [0.25, 0.3) is 0 Å². The fraction of sp³-hybridized carbons (Fsp3) is 0.636. The highest BCUT2D eigenvalue weighted by atomic mass is 16.3. The number of aliphatic hydroxyl groups is 2. The monoisotopic (exact) mass is 254 g/mol. The van der Waals surface area contributed by atoms with Gasteiger partial charge in [-0.2, -0.15) is 5.10 Å². The van der Waals surface area contributed by atoms with Crippen LogP contribution in [0.5, 0.6) is 0 Å². The number of aromatic nitrogens is 2. The fourth-order valence-corrected chi connectivity index (χ4v) is 2.09. The van der Waals surface area contributed by atoms with E-state index in [1.807, 2.05) is 13.8 Å². The molecule has 1 aliphatic rings. The van der Waals surface area contributed by atoms with Crippen LogP contribution in [0.15, 0.2) is 0 Å². The molecule has 2 rings (SSSR count). The van der Waals surface area contributed by atoms with Crippen molar-refractivity contribution in [3.8, 4) is 0 Å². The molecule has 7 heteroatoms. The number of aliphatic hydroxyl groups excluding tert-OH is 2. The second-order valence-electron chi connectivity index (χ2n) is 4.69. The zero-order valence-corrected chi connectivity index (χ0v) is 10.5. The van der Waals surface area contributed by atoms with E-state index in [1.165, 1.54) is 0 Å². The van der Waals surface area contributed by atoms with Crippen LogP contribution in [0, 0.1) is 13.8 Å². The second kappa shape index (κ2) is 5.05. The Morgan fingerprint density at radius 3 is 2.56 bits per heavy atom. The minimum atomic E-state index is -0.768. The van der Waals surface area contributed by atoms with Gasteiger partial charge < -0.3 is 15.5 Å². The highest BCUT2D eigenvalue weighted by Gasteiger charge is 2.30. The maximum absolute atomic E-state index is 11.8. The molecule has 2 atom stereocenters. The molecule has 1 saturated heterocycles. The summed E-state index contributed by atoms with van der Waals surface area (Å²) < 4.78 is 0. The molecule has 2 heterocycles. The Morgan fingerprint density at radius 2 is 2.06 bits per heavy atom. The highest BCUT2D eigenvalue weighted by Crippen LogP contribution is 2.16. The van der Waals surface area contributed by atoms with Gasteiger partial charge in [0.2, 0.25) is 5.91 Å². The lowest BCUT2D eigenvalue weighted by Gasteiger charge is -2.14. The van der Waals surface area contributed by atoms with Crippen LogP contribution in [0.2, 0.25) is 0 Å². The number of β-amino-alcohol motifs (C(OH)–C–C–N with tert-alkyl or cyclic N) is 2. The zero-order chi connectivity index (χ0) is 13.3. The SMILES string of the molecule is Cc1n[nH]c(C)c1NC(=O)CN1C[C@@H](O)[C@@H](O)C1. The lowest BCUT2D eigenvalue weighted by molar-refractivity contribution is -0.117. The summed E-state index contributed by atoms with van der Waals surface area (Å²) in [7, 11) is 0. The summed E-state index contributed by atoms with van der Waals surface area (Å²) in [6, 6.07) is 0. The molecule has 1 aliphatic heterocycles. The largest absolute Gasteiger partial charge is 0.389 e. The summed E-state index contributed by atoms with van der Waals surface area (Å²) in [4.78, 5) is 13.5. The van der Waals surface area contributed by atoms with Crippen molar-refractivity contribution in [2.75, 3.05) is 25.0 Å². The molecule has 7 nitrogen and oxygen atoms in total. The Bertz CT molecular complexity index is 416. The van der Waals surface area contributed by atoms with E-state index >= 15 is 0 Å². The van der Waals surface area contributed by atoms with Crippen LogP contribution in [-0.2, 0) is 4.79 Å². The molecule has 0 aliphatic carbocycles. The van der Waals surface area contributed by atoms with Crippen molar-refractivity contribution in [3.05, 3.63) is 11.4 Å². The average Bonchev–Trinajstić information content (AvgIpc) is 2.76. The predicted octanol–water partition coefficient (Wildman–Crippen LogP) is -0.998. The van der Waals surface area contributed by atoms with Crippen molar-refractivity contribution in [2.24, 2.45) is 0 Å². The summed E-state index contributed by atoms with van der Waals surface area (Å²) in [6.45, 7) is 4.43. The van der Waals surface area contributed by atoms with Gasteiger partial charge in [-0.3, -0.25) is 14.8 Å². The van der Waals surface area contributed by atoms with Crippen LogP contribution < -0.4 is 5.32 Å². The molecule has 1 fully saturated rings.